The van der Waals surface area contributed by atoms with Crippen molar-refractivity contribution >= 4 is 11.0 Å². The molecule has 10 atom stereocenters. The number of hydrogen-bond acceptors (Lipinski definition) is 15. The smallest absolute Gasteiger partial charge is 0.239 e. The first kappa shape index (κ1) is 35.5. The Morgan fingerprint density at radius 1 is 0.875 bits per heavy atom. The Hall–Kier alpha value is -3.77. The van der Waals surface area contributed by atoms with E-state index >= 15 is 0 Å². The van der Waals surface area contributed by atoms with Crippen molar-refractivity contribution in [2.75, 3.05) is 13.7 Å². The number of phenolic OH excluding ortho intramolecular Hbond substituents is 1. The highest BCUT2D eigenvalue weighted by atomic mass is 16.7. The summed E-state index contributed by atoms with van der Waals surface area (Å²) in [5, 5.41) is 82.9. The molecule has 2 aliphatic heterocycles. The summed E-state index contributed by atoms with van der Waals surface area (Å²) >= 11 is 0. The Bertz CT molecular complexity index is 1680. The summed E-state index contributed by atoms with van der Waals surface area (Å²) in [6, 6.07) is 7.41. The quantitative estimate of drug-likeness (QED) is 0.140. The van der Waals surface area contributed by atoms with Gasteiger partial charge in [0.15, 0.2) is 5.76 Å². The molecule has 3 heterocycles. The maximum Gasteiger partial charge on any atom is 0.239 e. The molecule has 0 spiro atoms. The van der Waals surface area contributed by atoms with Gasteiger partial charge >= 0.3 is 0 Å². The average molecular weight is 677 g/mol. The van der Waals surface area contributed by atoms with Crippen LogP contribution in [-0.2, 0) is 15.9 Å². The van der Waals surface area contributed by atoms with Crippen LogP contribution >= 0.6 is 0 Å². The van der Waals surface area contributed by atoms with Crippen LogP contribution in [0.4, 0.5) is 0 Å². The van der Waals surface area contributed by atoms with Gasteiger partial charge in [-0.2, -0.15) is 0 Å². The highest BCUT2D eigenvalue weighted by Crippen LogP contribution is 2.41. The maximum atomic E-state index is 14.3. The molecule has 0 unspecified atom stereocenters. The fraction of sp³-hybridized carbons (Fsp3) is 0.485. The number of rotatable bonds is 9. The molecule has 262 valence electrons. The molecular formula is C33H40O15. The van der Waals surface area contributed by atoms with Gasteiger partial charge < -0.3 is 69.0 Å². The second-order valence-electron chi connectivity index (χ2n) is 12.0. The molecule has 0 radical (unpaired) electrons. The summed E-state index contributed by atoms with van der Waals surface area (Å²) in [6.07, 6.45) is -13.7. The normalized spacial score (nSPS) is 30.6. The zero-order valence-electron chi connectivity index (χ0n) is 26.6. The van der Waals surface area contributed by atoms with Crippen LogP contribution in [-0.4, -0.2) is 116 Å². The lowest BCUT2D eigenvalue weighted by atomic mass is 9.99. The van der Waals surface area contributed by atoms with Crippen LogP contribution in [0.1, 0.15) is 26.3 Å². The third kappa shape index (κ3) is 6.74. The number of aromatic hydroxyl groups is 1. The van der Waals surface area contributed by atoms with Gasteiger partial charge in [-0.15, -0.1) is 0 Å². The molecule has 3 aromatic rings. The lowest BCUT2D eigenvalue weighted by Gasteiger charge is -2.39. The highest BCUT2D eigenvalue weighted by Gasteiger charge is 2.46. The topological polar surface area (TPSA) is 238 Å². The van der Waals surface area contributed by atoms with Gasteiger partial charge in [0.2, 0.25) is 23.8 Å². The first-order valence-electron chi connectivity index (χ1n) is 15.2. The van der Waals surface area contributed by atoms with E-state index in [1.165, 1.54) is 14.0 Å². The predicted molar refractivity (Wildman–Crippen MR) is 167 cm³/mol. The van der Waals surface area contributed by atoms with E-state index in [2.05, 4.69) is 0 Å². The molecule has 2 fully saturated rings. The first-order chi connectivity index (χ1) is 22.8. The summed E-state index contributed by atoms with van der Waals surface area (Å²) in [4.78, 5) is 14.3. The molecule has 0 amide bonds. The van der Waals surface area contributed by atoms with E-state index in [1.54, 1.807) is 30.3 Å². The number of aliphatic hydroxyl groups excluding tert-OH is 7. The second kappa shape index (κ2) is 14.4. The molecule has 2 aromatic carbocycles. The zero-order chi connectivity index (χ0) is 35.0. The lowest BCUT2D eigenvalue weighted by molar-refractivity contribution is -0.277. The molecule has 15 nitrogen and oxygen atoms in total. The van der Waals surface area contributed by atoms with Gasteiger partial charge in [-0.3, -0.25) is 4.79 Å². The van der Waals surface area contributed by atoms with Gasteiger partial charge in [0.25, 0.3) is 0 Å². The van der Waals surface area contributed by atoms with Crippen molar-refractivity contribution in [2.45, 2.75) is 88.6 Å². The fourth-order valence-corrected chi connectivity index (χ4v) is 5.52. The largest absolute Gasteiger partial charge is 0.507 e. The molecular weight excluding hydrogens is 636 g/mol. The van der Waals surface area contributed by atoms with Crippen LogP contribution in [0.25, 0.3) is 22.3 Å². The summed E-state index contributed by atoms with van der Waals surface area (Å²) in [6.45, 7) is 4.40. The minimum absolute atomic E-state index is 0.0725. The van der Waals surface area contributed by atoms with Crippen molar-refractivity contribution in [3.05, 3.63) is 57.8 Å². The molecule has 2 saturated heterocycles. The van der Waals surface area contributed by atoms with Gasteiger partial charge in [0.05, 0.1) is 19.8 Å². The van der Waals surface area contributed by atoms with Crippen molar-refractivity contribution in [1.82, 2.24) is 0 Å². The average Bonchev–Trinajstić information content (AvgIpc) is 3.06. The lowest BCUT2D eigenvalue weighted by Crippen LogP contribution is -2.60. The van der Waals surface area contributed by atoms with Crippen molar-refractivity contribution in [1.29, 1.82) is 0 Å². The summed E-state index contributed by atoms with van der Waals surface area (Å²) in [7, 11) is 1.47. The third-order valence-corrected chi connectivity index (χ3v) is 8.37. The van der Waals surface area contributed by atoms with Gasteiger partial charge in [0, 0.05) is 17.2 Å². The highest BCUT2D eigenvalue weighted by molar-refractivity contribution is 5.91. The SMILES string of the molecule is COc1ccc(-c2oc3c(CC=C(C)C)c(O[C@H]4O[C@@H](CO)[C@H](O)[C@@H](O)[C@@H]4O)cc(O)c3c(=O)c2O[C@@H]2O[C@H](C)[C@H](O)[C@H](O)[C@@H]2O)cc1. The van der Waals surface area contributed by atoms with Crippen molar-refractivity contribution in [3.8, 4) is 34.3 Å². The zero-order valence-corrected chi connectivity index (χ0v) is 26.6. The number of ether oxygens (including phenoxy) is 5. The molecule has 0 aliphatic carbocycles. The van der Waals surface area contributed by atoms with Crippen LogP contribution in [0.2, 0.25) is 0 Å². The molecule has 48 heavy (non-hydrogen) atoms. The number of allylic oxidation sites excluding steroid dienone is 2. The number of methoxy groups -OCH3 is 1. The molecule has 0 bridgehead atoms. The fourth-order valence-electron chi connectivity index (χ4n) is 5.52. The van der Waals surface area contributed by atoms with Crippen LogP contribution < -0.4 is 19.6 Å². The molecule has 5 rings (SSSR count). The number of aliphatic hydroxyl groups is 7. The summed E-state index contributed by atoms with van der Waals surface area (Å²) < 4.78 is 34.5. The van der Waals surface area contributed by atoms with Crippen molar-refractivity contribution in [2.24, 2.45) is 0 Å². The van der Waals surface area contributed by atoms with E-state index in [-0.39, 0.29) is 34.5 Å². The molecule has 2 aliphatic rings. The molecule has 15 heteroatoms. The standard InChI is InChI=1S/C33H40O15/c1-13(2)5-10-17-19(45-33-28(42)26(40)23(37)20(12-34)46-33)11-18(35)21-24(38)31(48-32-27(41)25(39)22(36)14(3)44-32)29(47-30(17)21)15-6-8-16(43-4)9-7-15/h5-9,11,14,20,22-23,25-28,32-37,39-42H,10,12H2,1-4H3/t14-,20+,22+,23+,25+,26-,27+,28+,32+,33+/m1/s1. The second-order valence-corrected chi connectivity index (χ2v) is 12.0. The van der Waals surface area contributed by atoms with E-state index in [0.29, 0.717) is 11.3 Å². The molecule has 0 saturated carbocycles. The van der Waals surface area contributed by atoms with Crippen LogP contribution in [0.3, 0.4) is 0 Å². The van der Waals surface area contributed by atoms with Gasteiger partial charge in [-0.25, -0.2) is 0 Å². The van der Waals surface area contributed by atoms with Gasteiger partial charge in [-0.05, 0) is 51.5 Å². The Labute approximate surface area is 274 Å². The summed E-state index contributed by atoms with van der Waals surface area (Å²) in [5.74, 6) is -0.922. The Balaban J connectivity index is 1.71. The maximum absolute atomic E-state index is 14.3. The first-order valence-corrected chi connectivity index (χ1v) is 15.2. The van der Waals surface area contributed by atoms with Gasteiger partial charge in [-0.1, -0.05) is 11.6 Å². The van der Waals surface area contributed by atoms with E-state index in [1.807, 2.05) is 13.8 Å². The number of benzene rings is 2. The third-order valence-electron chi connectivity index (χ3n) is 8.37. The number of fused-ring (bicyclic) bond motifs is 1. The Kier molecular flexibility index (Phi) is 10.6. The minimum Gasteiger partial charge on any atom is -0.507 e. The monoisotopic (exact) mass is 676 g/mol. The minimum atomic E-state index is -1.77. The molecule has 1 aromatic heterocycles. The van der Waals surface area contributed by atoms with Crippen LogP contribution in [0.5, 0.6) is 23.0 Å². The molecule has 8 N–H and O–H groups in total. The van der Waals surface area contributed by atoms with E-state index in [0.717, 1.165) is 11.6 Å². The predicted octanol–water partition coefficient (Wildman–Crippen LogP) is 0.0679. The number of phenols is 1. The Morgan fingerprint density at radius 3 is 2.10 bits per heavy atom. The van der Waals surface area contributed by atoms with Crippen LogP contribution in [0, 0.1) is 0 Å². The van der Waals surface area contributed by atoms with Crippen LogP contribution in [0.15, 0.2) is 51.2 Å². The van der Waals surface area contributed by atoms with Gasteiger partial charge in [0.1, 0.15) is 70.9 Å². The summed E-state index contributed by atoms with van der Waals surface area (Å²) in [5.41, 5.74) is 0.341. The van der Waals surface area contributed by atoms with Crippen molar-refractivity contribution in [3.63, 3.8) is 0 Å². The van der Waals surface area contributed by atoms with Crippen molar-refractivity contribution < 1.29 is 69.0 Å². The van der Waals surface area contributed by atoms with E-state index in [9.17, 15) is 45.6 Å². The Morgan fingerprint density at radius 2 is 1.50 bits per heavy atom. The van der Waals surface area contributed by atoms with E-state index in [4.69, 9.17) is 28.1 Å². The van der Waals surface area contributed by atoms with E-state index < -0.39 is 84.9 Å². The number of hydrogen-bond donors (Lipinski definition) is 8.